The Morgan fingerprint density at radius 1 is 1.17 bits per heavy atom. The first-order chi connectivity index (χ1) is 8.58. The van der Waals surface area contributed by atoms with E-state index in [-0.39, 0.29) is 0 Å². The van der Waals surface area contributed by atoms with Gasteiger partial charge in [-0.1, -0.05) is 26.0 Å². The van der Waals surface area contributed by atoms with Crippen LogP contribution in [0.2, 0.25) is 12.1 Å². The highest BCUT2D eigenvalue weighted by molar-refractivity contribution is 6.67. The van der Waals surface area contributed by atoms with Crippen LogP contribution in [0.25, 0.3) is 0 Å². The summed E-state index contributed by atoms with van der Waals surface area (Å²) < 4.78 is 11.7. The quantitative estimate of drug-likeness (QED) is 0.513. The van der Waals surface area contributed by atoms with Crippen LogP contribution >= 0.6 is 0 Å². The van der Waals surface area contributed by atoms with E-state index in [1.54, 1.807) is 0 Å². The average molecular weight is 268 g/mol. The van der Waals surface area contributed by atoms with Crippen LogP contribution in [0.5, 0.6) is 0 Å². The molecule has 0 N–H and O–H groups in total. The Morgan fingerprint density at radius 3 is 2.33 bits per heavy atom. The van der Waals surface area contributed by atoms with Crippen molar-refractivity contribution in [2.75, 3.05) is 14.2 Å². The molecule has 3 atom stereocenters. The predicted octanol–water partition coefficient (Wildman–Crippen LogP) is 3.98. The normalized spacial score (nSPS) is 30.6. The van der Waals surface area contributed by atoms with Crippen molar-refractivity contribution < 1.29 is 8.85 Å². The third-order valence-corrected chi connectivity index (χ3v) is 8.75. The second-order valence-electron chi connectivity index (χ2n) is 6.50. The van der Waals surface area contributed by atoms with Gasteiger partial charge in [0.1, 0.15) is 0 Å². The molecule has 2 nitrogen and oxygen atoms in total. The minimum Gasteiger partial charge on any atom is -0.398 e. The van der Waals surface area contributed by atoms with E-state index >= 15 is 0 Å². The fraction of sp³-hybridized carbons (Fsp3) is 0.867. The molecule has 104 valence electrons. The van der Waals surface area contributed by atoms with Crippen molar-refractivity contribution in [2.24, 2.45) is 23.7 Å². The van der Waals surface area contributed by atoms with Gasteiger partial charge < -0.3 is 8.85 Å². The maximum atomic E-state index is 5.84. The van der Waals surface area contributed by atoms with Gasteiger partial charge in [0, 0.05) is 14.2 Å². The van der Waals surface area contributed by atoms with Crippen molar-refractivity contribution in [3.8, 4) is 0 Å². The largest absolute Gasteiger partial charge is 0.398 e. The molecule has 3 unspecified atom stereocenters. The van der Waals surface area contributed by atoms with Crippen molar-refractivity contribution in [1.29, 1.82) is 0 Å². The smallest absolute Gasteiger partial charge is 0.337 e. The minimum atomic E-state index is -1.93. The molecule has 0 aliphatic heterocycles. The minimum absolute atomic E-state index is 0.663. The lowest BCUT2D eigenvalue weighted by atomic mass is 9.91. The van der Waals surface area contributed by atoms with Crippen LogP contribution in [-0.2, 0) is 8.85 Å². The first kappa shape index (κ1) is 14.3. The van der Waals surface area contributed by atoms with E-state index in [9.17, 15) is 0 Å². The number of rotatable bonds is 7. The zero-order valence-corrected chi connectivity index (χ0v) is 13.3. The summed E-state index contributed by atoms with van der Waals surface area (Å²) >= 11 is 0. The van der Waals surface area contributed by atoms with Crippen molar-refractivity contribution in [2.45, 2.75) is 45.2 Å². The lowest BCUT2D eigenvalue weighted by Crippen LogP contribution is -2.41. The highest BCUT2D eigenvalue weighted by Crippen LogP contribution is 2.46. The Balaban J connectivity index is 1.87. The molecular formula is C15H28O2Si. The van der Waals surface area contributed by atoms with Crippen LogP contribution in [0.1, 0.15) is 33.1 Å². The average Bonchev–Trinajstić information content (AvgIpc) is 2.96. The van der Waals surface area contributed by atoms with E-state index in [2.05, 4.69) is 26.0 Å². The Bertz CT molecular complexity index is 297. The molecule has 2 aliphatic carbocycles. The Kier molecular flexibility index (Phi) is 4.68. The maximum Gasteiger partial charge on any atom is 0.337 e. The van der Waals surface area contributed by atoms with Gasteiger partial charge in [0.25, 0.3) is 0 Å². The van der Waals surface area contributed by atoms with Gasteiger partial charge in [-0.3, -0.25) is 0 Å². The third kappa shape index (κ3) is 3.06. The van der Waals surface area contributed by atoms with Crippen molar-refractivity contribution in [1.82, 2.24) is 0 Å². The lowest BCUT2D eigenvalue weighted by Gasteiger charge is -2.31. The first-order valence-electron chi connectivity index (χ1n) is 7.37. The van der Waals surface area contributed by atoms with Gasteiger partial charge in [-0.15, -0.1) is 0 Å². The van der Waals surface area contributed by atoms with Crippen LogP contribution in [0.3, 0.4) is 0 Å². The number of allylic oxidation sites excluding steroid dienone is 2. The molecule has 0 heterocycles. The molecule has 0 spiro atoms. The highest BCUT2D eigenvalue weighted by Gasteiger charge is 2.40. The fourth-order valence-electron chi connectivity index (χ4n) is 3.81. The van der Waals surface area contributed by atoms with Crippen molar-refractivity contribution in [3.05, 3.63) is 12.2 Å². The van der Waals surface area contributed by atoms with E-state index < -0.39 is 8.56 Å². The van der Waals surface area contributed by atoms with Gasteiger partial charge in [-0.25, -0.2) is 0 Å². The van der Waals surface area contributed by atoms with E-state index in [1.807, 2.05) is 14.2 Å². The van der Waals surface area contributed by atoms with Crippen molar-refractivity contribution in [3.63, 3.8) is 0 Å². The molecule has 0 aromatic rings. The van der Waals surface area contributed by atoms with Crippen LogP contribution in [0.15, 0.2) is 12.2 Å². The molecule has 2 rings (SSSR count). The summed E-state index contributed by atoms with van der Waals surface area (Å²) in [5.74, 6) is 3.29. The third-order valence-electron chi connectivity index (χ3n) is 4.78. The highest BCUT2D eigenvalue weighted by atomic mass is 28.4. The predicted molar refractivity (Wildman–Crippen MR) is 77.7 cm³/mol. The monoisotopic (exact) mass is 268 g/mol. The van der Waals surface area contributed by atoms with E-state index in [0.717, 1.165) is 23.8 Å². The van der Waals surface area contributed by atoms with Crippen LogP contribution < -0.4 is 0 Å². The molecule has 18 heavy (non-hydrogen) atoms. The Morgan fingerprint density at radius 2 is 1.89 bits per heavy atom. The summed E-state index contributed by atoms with van der Waals surface area (Å²) in [5, 5.41) is 0. The van der Waals surface area contributed by atoms with Gasteiger partial charge in [0.05, 0.1) is 0 Å². The molecule has 1 fully saturated rings. The Hall–Kier alpha value is -0.123. The van der Waals surface area contributed by atoms with Crippen LogP contribution in [0, 0.1) is 23.7 Å². The molecule has 1 saturated carbocycles. The number of hydrogen-bond acceptors (Lipinski definition) is 2. The summed E-state index contributed by atoms with van der Waals surface area (Å²) in [6.07, 6.45) is 8.98. The standard InChI is InChI=1S/C15H28O2Si/c1-12(2)11-18(16-3,17-4)8-7-15-10-13-5-6-14(15)9-13/h5-6,12-15H,7-11H2,1-4H3. The van der Waals surface area contributed by atoms with Crippen LogP contribution in [0.4, 0.5) is 0 Å². The zero-order chi connectivity index (χ0) is 13.2. The lowest BCUT2D eigenvalue weighted by molar-refractivity contribution is 0.230. The summed E-state index contributed by atoms with van der Waals surface area (Å²) in [6.45, 7) is 4.53. The van der Waals surface area contributed by atoms with Gasteiger partial charge in [-0.2, -0.15) is 0 Å². The zero-order valence-electron chi connectivity index (χ0n) is 12.3. The summed E-state index contributed by atoms with van der Waals surface area (Å²) in [4.78, 5) is 0. The molecule has 0 aromatic heterocycles. The first-order valence-corrected chi connectivity index (χ1v) is 9.60. The topological polar surface area (TPSA) is 18.5 Å². The molecule has 2 bridgehead atoms. The molecule has 3 heteroatoms. The summed E-state index contributed by atoms with van der Waals surface area (Å²) in [7, 11) is 1.77. The van der Waals surface area contributed by atoms with E-state index in [0.29, 0.717) is 5.92 Å². The number of fused-ring (bicyclic) bond motifs is 2. The van der Waals surface area contributed by atoms with E-state index in [1.165, 1.54) is 25.3 Å². The van der Waals surface area contributed by atoms with Gasteiger partial charge >= 0.3 is 8.56 Å². The molecule has 2 aliphatic rings. The van der Waals surface area contributed by atoms with Crippen molar-refractivity contribution >= 4 is 8.56 Å². The van der Waals surface area contributed by atoms with Crippen LogP contribution in [-0.4, -0.2) is 22.8 Å². The summed E-state index contributed by atoms with van der Waals surface area (Å²) in [5.41, 5.74) is 0. The molecule has 0 aromatic carbocycles. The van der Waals surface area contributed by atoms with Gasteiger partial charge in [0.2, 0.25) is 0 Å². The Labute approximate surface area is 113 Å². The number of hydrogen-bond donors (Lipinski definition) is 0. The van der Waals surface area contributed by atoms with Gasteiger partial charge in [0.15, 0.2) is 0 Å². The fourth-order valence-corrected chi connectivity index (χ4v) is 6.98. The molecule has 0 saturated heterocycles. The second-order valence-corrected chi connectivity index (χ2v) is 10.0. The van der Waals surface area contributed by atoms with E-state index in [4.69, 9.17) is 8.85 Å². The summed E-state index contributed by atoms with van der Waals surface area (Å²) in [6, 6.07) is 2.29. The maximum absolute atomic E-state index is 5.84. The van der Waals surface area contributed by atoms with Gasteiger partial charge in [-0.05, 0) is 55.0 Å². The molecule has 0 radical (unpaired) electrons. The molecule has 0 amide bonds. The SMILES string of the molecule is CO[Si](CCC1CC2C=CC1C2)(CC(C)C)OC. The second kappa shape index (κ2) is 5.89. The molecular weight excluding hydrogens is 240 g/mol.